The van der Waals surface area contributed by atoms with E-state index in [4.69, 9.17) is 0 Å². The van der Waals surface area contributed by atoms with E-state index in [1.807, 2.05) is 0 Å². The Morgan fingerprint density at radius 3 is 2.88 bits per heavy atom. The average molecular weight is 283 g/mol. The zero-order valence-electron chi connectivity index (χ0n) is 8.23. The van der Waals surface area contributed by atoms with Crippen molar-refractivity contribution in [1.82, 2.24) is 9.78 Å². The molecule has 0 radical (unpaired) electrons. The number of halogens is 2. The Morgan fingerprint density at radius 2 is 2.19 bits per heavy atom. The standard InChI is InChI=1S/C11H8BrFN2O/c12-9-6-8(3-4-10(9)13)7-15-11(16)2-1-5-14-15/h1-6H,7H2. The molecule has 0 amide bonds. The molecule has 16 heavy (non-hydrogen) atoms. The molecule has 0 spiro atoms. The van der Waals surface area contributed by atoms with Crippen LogP contribution in [0.5, 0.6) is 0 Å². The Balaban J connectivity index is 2.31. The normalized spacial score (nSPS) is 10.4. The van der Waals surface area contributed by atoms with E-state index in [1.165, 1.54) is 16.8 Å². The molecule has 3 nitrogen and oxygen atoms in total. The van der Waals surface area contributed by atoms with Crippen molar-refractivity contribution in [2.75, 3.05) is 0 Å². The highest BCUT2D eigenvalue weighted by molar-refractivity contribution is 9.10. The summed E-state index contributed by atoms with van der Waals surface area (Å²) in [5, 5.41) is 3.92. The van der Waals surface area contributed by atoms with Crippen LogP contribution >= 0.6 is 15.9 Å². The highest BCUT2D eigenvalue weighted by Gasteiger charge is 2.02. The molecule has 5 heteroatoms. The molecule has 0 aliphatic heterocycles. The summed E-state index contributed by atoms with van der Waals surface area (Å²) >= 11 is 3.10. The lowest BCUT2D eigenvalue weighted by Crippen LogP contribution is -2.21. The second-order valence-corrected chi connectivity index (χ2v) is 4.12. The van der Waals surface area contributed by atoms with Gasteiger partial charge < -0.3 is 0 Å². The summed E-state index contributed by atoms with van der Waals surface area (Å²) < 4.78 is 14.7. The van der Waals surface area contributed by atoms with Crippen LogP contribution in [0.15, 0.2) is 45.8 Å². The summed E-state index contributed by atoms with van der Waals surface area (Å²) in [6.45, 7) is 0.332. The molecule has 2 rings (SSSR count). The third-order valence-corrected chi connectivity index (χ3v) is 2.71. The number of hydrogen-bond donors (Lipinski definition) is 0. The van der Waals surface area contributed by atoms with Gasteiger partial charge in [-0.15, -0.1) is 0 Å². The van der Waals surface area contributed by atoms with Crippen LogP contribution in [0, 0.1) is 5.82 Å². The predicted molar refractivity (Wildman–Crippen MR) is 61.7 cm³/mol. The third-order valence-electron chi connectivity index (χ3n) is 2.10. The van der Waals surface area contributed by atoms with E-state index in [2.05, 4.69) is 21.0 Å². The number of aromatic nitrogens is 2. The summed E-state index contributed by atoms with van der Waals surface area (Å²) in [4.78, 5) is 11.4. The zero-order chi connectivity index (χ0) is 11.5. The van der Waals surface area contributed by atoms with Crippen LogP contribution in [-0.2, 0) is 6.54 Å². The van der Waals surface area contributed by atoms with Crippen LogP contribution in [0.2, 0.25) is 0 Å². The van der Waals surface area contributed by atoms with Crippen LogP contribution < -0.4 is 5.56 Å². The van der Waals surface area contributed by atoms with E-state index in [0.29, 0.717) is 11.0 Å². The van der Waals surface area contributed by atoms with Crippen LogP contribution in [0.25, 0.3) is 0 Å². The third kappa shape index (κ3) is 2.36. The van der Waals surface area contributed by atoms with Crippen molar-refractivity contribution in [3.05, 3.63) is 62.7 Å². The van der Waals surface area contributed by atoms with Crippen molar-refractivity contribution in [2.24, 2.45) is 0 Å². The molecular formula is C11H8BrFN2O. The first-order valence-electron chi connectivity index (χ1n) is 4.63. The molecule has 0 saturated carbocycles. The van der Waals surface area contributed by atoms with Crippen molar-refractivity contribution >= 4 is 15.9 Å². The molecular weight excluding hydrogens is 275 g/mol. The fourth-order valence-corrected chi connectivity index (χ4v) is 1.74. The molecule has 2 aromatic rings. The van der Waals surface area contributed by atoms with E-state index < -0.39 is 0 Å². The molecule has 0 saturated heterocycles. The molecule has 1 heterocycles. The molecule has 0 bridgehead atoms. The molecule has 82 valence electrons. The first kappa shape index (κ1) is 11.0. The van der Waals surface area contributed by atoms with Gasteiger partial charge in [0.1, 0.15) is 5.82 Å². The maximum Gasteiger partial charge on any atom is 0.267 e. The Kier molecular flexibility index (Phi) is 3.14. The van der Waals surface area contributed by atoms with E-state index in [-0.39, 0.29) is 11.4 Å². The Labute approximate surface area is 99.7 Å². The first-order chi connectivity index (χ1) is 7.66. The van der Waals surface area contributed by atoms with Gasteiger partial charge in [0.25, 0.3) is 5.56 Å². The molecule has 0 fully saturated rings. The minimum atomic E-state index is -0.322. The van der Waals surface area contributed by atoms with Crippen LogP contribution in [-0.4, -0.2) is 9.78 Å². The van der Waals surface area contributed by atoms with Crippen molar-refractivity contribution in [1.29, 1.82) is 0 Å². The second kappa shape index (κ2) is 4.57. The quantitative estimate of drug-likeness (QED) is 0.846. The molecule has 0 aliphatic rings. The Bertz CT molecular complexity index is 568. The number of nitrogens with zero attached hydrogens (tertiary/aromatic N) is 2. The maximum atomic E-state index is 13.0. The number of benzene rings is 1. The number of hydrogen-bond acceptors (Lipinski definition) is 2. The van der Waals surface area contributed by atoms with Gasteiger partial charge in [0.15, 0.2) is 0 Å². The molecule has 0 aliphatic carbocycles. The highest BCUT2D eigenvalue weighted by atomic mass is 79.9. The SMILES string of the molecule is O=c1cccnn1Cc1ccc(F)c(Br)c1. The largest absolute Gasteiger partial charge is 0.268 e. The topological polar surface area (TPSA) is 34.9 Å². The van der Waals surface area contributed by atoms with Gasteiger partial charge in [-0.2, -0.15) is 5.10 Å². The summed E-state index contributed by atoms with van der Waals surface area (Å²) in [7, 11) is 0. The monoisotopic (exact) mass is 282 g/mol. The van der Waals surface area contributed by atoms with E-state index in [9.17, 15) is 9.18 Å². The second-order valence-electron chi connectivity index (χ2n) is 3.27. The van der Waals surface area contributed by atoms with Crippen molar-refractivity contribution in [3.8, 4) is 0 Å². The van der Waals surface area contributed by atoms with Gasteiger partial charge in [0.05, 0.1) is 11.0 Å². The van der Waals surface area contributed by atoms with E-state index in [1.54, 1.807) is 24.4 Å². The van der Waals surface area contributed by atoms with Crippen LogP contribution in [0.3, 0.4) is 0 Å². The summed E-state index contributed by atoms with van der Waals surface area (Å²) in [5.74, 6) is -0.322. The summed E-state index contributed by atoms with van der Waals surface area (Å²) in [6, 6.07) is 7.63. The Hall–Kier alpha value is -1.49. The molecule has 0 unspecified atom stereocenters. The lowest BCUT2D eigenvalue weighted by atomic mass is 10.2. The minimum absolute atomic E-state index is 0.178. The van der Waals surface area contributed by atoms with Crippen molar-refractivity contribution < 1.29 is 4.39 Å². The van der Waals surface area contributed by atoms with Crippen LogP contribution in [0.4, 0.5) is 4.39 Å². The maximum absolute atomic E-state index is 13.0. The van der Waals surface area contributed by atoms with Gasteiger partial charge in [0.2, 0.25) is 0 Å². The van der Waals surface area contributed by atoms with Crippen molar-refractivity contribution in [3.63, 3.8) is 0 Å². The van der Waals surface area contributed by atoms with Gasteiger partial charge in [-0.05, 0) is 39.7 Å². The fraction of sp³-hybridized carbons (Fsp3) is 0.0909. The minimum Gasteiger partial charge on any atom is -0.268 e. The summed E-state index contributed by atoms with van der Waals surface area (Å²) in [6.07, 6.45) is 1.54. The molecule has 1 aromatic heterocycles. The van der Waals surface area contributed by atoms with Crippen LogP contribution in [0.1, 0.15) is 5.56 Å². The van der Waals surface area contributed by atoms with E-state index >= 15 is 0 Å². The van der Waals surface area contributed by atoms with Gasteiger partial charge in [-0.25, -0.2) is 9.07 Å². The molecule has 0 atom stereocenters. The van der Waals surface area contributed by atoms with Gasteiger partial charge in [-0.1, -0.05) is 6.07 Å². The molecule has 1 aromatic carbocycles. The Morgan fingerprint density at radius 1 is 1.38 bits per heavy atom. The van der Waals surface area contributed by atoms with E-state index in [0.717, 1.165) is 5.56 Å². The average Bonchev–Trinajstić information content (AvgIpc) is 2.27. The van der Waals surface area contributed by atoms with Gasteiger partial charge >= 0.3 is 0 Å². The number of rotatable bonds is 2. The predicted octanol–water partition coefficient (Wildman–Crippen LogP) is 2.19. The lowest BCUT2D eigenvalue weighted by Gasteiger charge is -2.04. The van der Waals surface area contributed by atoms with Gasteiger partial charge in [-0.3, -0.25) is 4.79 Å². The zero-order valence-corrected chi connectivity index (χ0v) is 9.82. The molecule has 0 N–H and O–H groups in total. The highest BCUT2D eigenvalue weighted by Crippen LogP contribution is 2.16. The fourth-order valence-electron chi connectivity index (χ4n) is 1.32. The lowest BCUT2D eigenvalue weighted by molar-refractivity contribution is 0.613. The smallest absolute Gasteiger partial charge is 0.267 e. The van der Waals surface area contributed by atoms with Gasteiger partial charge in [0, 0.05) is 12.3 Å². The summed E-state index contributed by atoms with van der Waals surface area (Å²) in [5.41, 5.74) is 0.636. The first-order valence-corrected chi connectivity index (χ1v) is 5.42. The van der Waals surface area contributed by atoms with Crippen molar-refractivity contribution in [2.45, 2.75) is 6.54 Å².